The molecular formula is C22H30ClN4O2S+. The molecule has 8 heteroatoms. The molecule has 0 saturated carbocycles. The Morgan fingerprint density at radius 2 is 2.13 bits per heavy atom. The van der Waals surface area contributed by atoms with Gasteiger partial charge in [-0.1, -0.05) is 18.2 Å². The molecule has 0 radical (unpaired) electrons. The van der Waals surface area contributed by atoms with Crippen molar-refractivity contribution >= 4 is 23.5 Å². The van der Waals surface area contributed by atoms with Gasteiger partial charge in [0.1, 0.15) is 0 Å². The Morgan fingerprint density at radius 1 is 1.40 bits per heavy atom. The lowest BCUT2D eigenvalue weighted by Gasteiger charge is -2.26. The summed E-state index contributed by atoms with van der Waals surface area (Å²) in [6.45, 7) is 8.75. The van der Waals surface area contributed by atoms with Crippen molar-refractivity contribution < 1.29 is 4.74 Å². The van der Waals surface area contributed by atoms with Gasteiger partial charge in [-0.15, -0.1) is 24.4 Å². The molecule has 2 heterocycles. The molecule has 0 atom stereocenters. The van der Waals surface area contributed by atoms with Crippen molar-refractivity contribution in [1.29, 1.82) is 0 Å². The van der Waals surface area contributed by atoms with E-state index in [9.17, 15) is 4.79 Å². The van der Waals surface area contributed by atoms with Gasteiger partial charge in [0.15, 0.2) is 4.90 Å². The second kappa shape index (κ2) is 15.8. The smallest absolute Gasteiger partial charge is 0.356 e. The third kappa shape index (κ3) is 8.77. The van der Waals surface area contributed by atoms with Crippen LogP contribution in [0.25, 0.3) is 4.25 Å². The molecule has 1 aromatic rings. The highest BCUT2D eigenvalue weighted by Gasteiger charge is 2.19. The number of aryl methyl sites for hydroxylation is 1. The first-order chi connectivity index (χ1) is 14.7. The fourth-order valence-corrected chi connectivity index (χ4v) is 3.61. The average Bonchev–Trinajstić information content (AvgIpc) is 2.79. The second-order valence-electron chi connectivity index (χ2n) is 6.33. The summed E-state index contributed by atoms with van der Waals surface area (Å²) in [5.41, 5.74) is 1.74. The largest absolute Gasteiger partial charge is 0.379 e. The zero-order valence-corrected chi connectivity index (χ0v) is 19.3. The topological polar surface area (TPSA) is 51.7 Å². The number of hydrogen-bond acceptors (Lipinski definition) is 5. The summed E-state index contributed by atoms with van der Waals surface area (Å²) < 4.78 is 11.1. The van der Waals surface area contributed by atoms with Gasteiger partial charge in [-0.05, 0) is 18.9 Å². The number of allylic oxidation sites excluding steroid dienone is 4. The van der Waals surface area contributed by atoms with Crippen LogP contribution in [0.15, 0.2) is 39.8 Å². The summed E-state index contributed by atoms with van der Waals surface area (Å²) in [5, 5.41) is 0. The first kappa shape index (κ1) is 26.0. The molecule has 0 N–H and O–H groups in total. The molecule has 0 unspecified atom stereocenters. The van der Waals surface area contributed by atoms with Gasteiger partial charge in [0.25, 0.3) is 11.6 Å². The molecule has 0 aliphatic carbocycles. The van der Waals surface area contributed by atoms with Crippen LogP contribution in [0, 0.1) is 18.9 Å². The van der Waals surface area contributed by atoms with Crippen molar-refractivity contribution in [2.24, 2.45) is 0 Å². The quantitative estimate of drug-likeness (QED) is 0.248. The summed E-state index contributed by atoms with van der Waals surface area (Å²) >= 11 is 6.87. The molecule has 0 amide bonds. The number of nitrogens with zero attached hydrogens (tertiary/aromatic N) is 4. The first-order valence-corrected chi connectivity index (χ1v) is 11.1. The zero-order chi connectivity index (χ0) is 22.2. The number of halogens is 1. The molecule has 1 fully saturated rings. The van der Waals surface area contributed by atoms with Gasteiger partial charge >= 0.3 is 11.9 Å². The number of ether oxygens (including phenoxy) is 1. The van der Waals surface area contributed by atoms with Crippen LogP contribution in [0.3, 0.4) is 0 Å². The molecule has 162 valence electrons. The van der Waals surface area contributed by atoms with Crippen molar-refractivity contribution in [3.05, 3.63) is 50.4 Å². The molecule has 0 bridgehead atoms. The fourth-order valence-electron chi connectivity index (χ4n) is 2.91. The van der Waals surface area contributed by atoms with E-state index in [-0.39, 0.29) is 5.56 Å². The molecule has 1 saturated heterocycles. The predicted molar refractivity (Wildman–Crippen MR) is 126 cm³/mol. The van der Waals surface area contributed by atoms with E-state index in [0.717, 1.165) is 62.5 Å². The van der Waals surface area contributed by atoms with Crippen LogP contribution in [0.4, 0.5) is 0 Å². The predicted octanol–water partition coefficient (Wildman–Crippen LogP) is 3.86. The normalized spacial score (nSPS) is 14.6. The number of hydrogen-bond donors (Lipinski definition) is 0. The van der Waals surface area contributed by atoms with E-state index in [1.165, 1.54) is 0 Å². The molecule has 2 rings (SSSR count). The summed E-state index contributed by atoms with van der Waals surface area (Å²) in [6, 6.07) is 2.73. The van der Waals surface area contributed by atoms with Crippen molar-refractivity contribution in [2.45, 2.75) is 38.1 Å². The summed E-state index contributed by atoms with van der Waals surface area (Å²) in [4.78, 5) is 20.5. The number of rotatable bonds is 9. The lowest BCUT2D eigenvalue weighted by molar-refractivity contribution is 0.0369. The number of morpholine rings is 1. The van der Waals surface area contributed by atoms with Gasteiger partial charge < -0.3 is 4.74 Å². The number of terminal acetylenes is 1. The molecule has 1 aliphatic rings. The summed E-state index contributed by atoms with van der Waals surface area (Å²) in [7, 11) is 0. The maximum atomic E-state index is 13.0. The Kier molecular flexibility index (Phi) is 13.7. The lowest BCUT2D eigenvalue weighted by Crippen LogP contribution is -2.37. The van der Waals surface area contributed by atoms with Gasteiger partial charge in [-0.2, -0.15) is 0 Å². The molecule has 6 nitrogen and oxygen atoms in total. The Balaban J connectivity index is 0.00000218. The number of alkyl halides is 1. The van der Waals surface area contributed by atoms with Crippen LogP contribution in [0.5, 0.6) is 0 Å². The van der Waals surface area contributed by atoms with Crippen molar-refractivity contribution in [3.8, 4) is 18.9 Å². The van der Waals surface area contributed by atoms with Gasteiger partial charge in [0.2, 0.25) is 0 Å². The molecular weight excluding hydrogens is 420 g/mol. The molecule has 1 aliphatic heterocycles. The standard InChI is InChI=1S/C20H28ClN4O2S.C2H2/c1-3-17(7-5-8-21)15-18-19(28-23-4-2)20(26)25(16-22-18)10-6-9-24-11-13-27-14-12-24;1-2/h3,5,7,16H,6,8-15H2,1-2H3;1-2H/q+1;/b7-5-,17-3+;. The Bertz CT molecular complexity index is 846. The van der Waals surface area contributed by atoms with Gasteiger partial charge in [-0.3, -0.25) is 14.3 Å². The van der Waals surface area contributed by atoms with Crippen LogP contribution in [0.1, 0.15) is 26.0 Å². The minimum absolute atomic E-state index is 0.0484. The van der Waals surface area contributed by atoms with Crippen molar-refractivity contribution in [3.63, 3.8) is 0 Å². The average molecular weight is 450 g/mol. The minimum Gasteiger partial charge on any atom is -0.379 e. The van der Waals surface area contributed by atoms with E-state index in [2.05, 4.69) is 33.1 Å². The first-order valence-electron chi connectivity index (χ1n) is 9.82. The van der Waals surface area contributed by atoms with Gasteiger partial charge in [0, 0.05) is 42.7 Å². The Hall–Kier alpha value is -2.03. The third-order valence-electron chi connectivity index (χ3n) is 4.44. The van der Waals surface area contributed by atoms with Crippen LogP contribution >= 0.6 is 23.5 Å². The van der Waals surface area contributed by atoms with Crippen molar-refractivity contribution in [1.82, 2.24) is 14.5 Å². The van der Waals surface area contributed by atoms with Crippen molar-refractivity contribution in [2.75, 3.05) is 38.7 Å². The maximum absolute atomic E-state index is 13.0. The van der Waals surface area contributed by atoms with Gasteiger partial charge in [-0.25, -0.2) is 4.98 Å². The monoisotopic (exact) mass is 449 g/mol. The van der Waals surface area contributed by atoms with E-state index in [1.807, 2.05) is 25.2 Å². The fraction of sp³-hybridized carbons (Fsp3) is 0.500. The van der Waals surface area contributed by atoms with E-state index in [0.29, 0.717) is 23.7 Å². The highest BCUT2D eigenvalue weighted by molar-refractivity contribution is 8.01. The SMILES string of the molecule is C#C.CC#[N+]Sc1c(CC(/C=C\CCl)=C/C)ncn(CCCN2CCOCC2)c1=O. The Labute approximate surface area is 188 Å². The molecule has 0 spiro atoms. The van der Waals surface area contributed by atoms with Crippen LogP contribution in [-0.2, 0) is 17.7 Å². The molecule has 0 aromatic carbocycles. The van der Waals surface area contributed by atoms with Crippen LogP contribution in [0.2, 0.25) is 0 Å². The lowest BCUT2D eigenvalue weighted by atomic mass is 10.1. The molecule has 1 aromatic heterocycles. The summed E-state index contributed by atoms with van der Waals surface area (Å²) in [6.07, 6.45) is 17.0. The minimum atomic E-state index is -0.0484. The van der Waals surface area contributed by atoms with Crippen LogP contribution < -0.4 is 5.56 Å². The van der Waals surface area contributed by atoms with E-state index in [1.54, 1.807) is 17.8 Å². The van der Waals surface area contributed by atoms with E-state index in [4.69, 9.17) is 16.3 Å². The van der Waals surface area contributed by atoms with Gasteiger partial charge in [0.05, 0.1) is 32.2 Å². The number of aromatic nitrogens is 2. The third-order valence-corrected chi connectivity index (χ3v) is 5.48. The summed E-state index contributed by atoms with van der Waals surface area (Å²) in [5.74, 6) is 0.451. The maximum Gasteiger partial charge on any atom is 0.356 e. The zero-order valence-electron chi connectivity index (χ0n) is 17.7. The van der Waals surface area contributed by atoms with Crippen LogP contribution in [-0.4, -0.2) is 53.2 Å². The highest BCUT2D eigenvalue weighted by atomic mass is 35.5. The van der Waals surface area contributed by atoms with E-state index < -0.39 is 0 Å². The highest BCUT2D eigenvalue weighted by Crippen LogP contribution is 2.21. The Morgan fingerprint density at radius 3 is 2.77 bits per heavy atom. The second-order valence-corrected chi connectivity index (χ2v) is 7.41. The molecule has 30 heavy (non-hydrogen) atoms. The van der Waals surface area contributed by atoms with E-state index >= 15 is 0 Å².